The Morgan fingerprint density at radius 2 is 1.88 bits per heavy atom. The summed E-state index contributed by atoms with van der Waals surface area (Å²) < 4.78 is 32.3. The minimum absolute atomic E-state index is 0.205. The fraction of sp³-hybridized carbons (Fsp3) is 0.0588. The van der Waals surface area contributed by atoms with Crippen LogP contribution in [0.2, 0.25) is 0 Å². The number of anilines is 1. The van der Waals surface area contributed by atoms with Crippen LogP contribution in [0.1, 0.15) is 0 Å². The molecule has 0 radical (unpaired) electrons. The zero-order valence-electron chi connectivity index (χ0n) is 12.7. The van der Waals surface area contributed by atoms with Gasteiger partial charge in [0, 0.05) is 11.6 Å². The van der Waals surface area contributed by atoms with Crippen LogP contribution in [0.5, 0.6) is 5.75 Å². The van der Waals surface area contributed by atoms with Gasteiger partial charge in [-0.2, -0.15) is 0 Å². The first-order valence-corrected chi connectivity index (χ1v) is 9.57. The maximum absolute atomic E-state index is 12.8. The molecule has 6 nitrogen and oxygen atoms in total. The highest BCUT2D eigenvalue weighted by Gasteiger charge is 2.37. The van der Waals surface area contributed by atoms with Gasteiger partial charge in [0.25, 0.3) is 10.0 Å². The van der Waals surface area contributed by atoms with Crippen LogP contribution >= 0.6 is 15.9 Å². The van der Waals surface area contributed by atoms with Crippen LogP contribution in [0.3, 0.4) is 0 Å². The van der Waals surface area contributed by atoms with Crippen molar-refractivity contribution in [3.05, 3.63) is 59.3 Å². The number of nitrogens with zero attached hydrogens (tertiary/aromatic N) is 2. The van der Waals surface area contributed by atoms with Gasteiger partial charge >= 0.3 is 5.97 Å². The van der Waals surface area contributed by atoms with Crippen LogP contribution in [0.4, 0.5) is 5.69 Å². The Morgan fingerprint density at radius 1 is 1.12 bits per heavy atom. The molecule has 8 heteroatoms. The molecule has 0 fully saturated rings. The van der Waals surface area contributed by atoms with Gasteiger partial charge in [0.1, 0.15) is 11.1 Å². The molecule has 0 saturated carbocycles. The predicted octanol–water partition coefficient (Wildman–Crippen LogP) is 3.11. The number of aromatic nitrogens is 1. The number of pyridine rings is 1. The van der Waals surface area contributed by atoms with Gasteiger partial charge in [-0.3, -0.25) is 4.31 Å². The van der Waals surface area contributed by atoms with E-state index in [4.69, 9.17) is 4.74 Å². The van der Waals surface area contributed by atoms with E-state index in [2.05, 4.69) is 20.9 Å². The number of sulfonamides is 1. The summed E-state index contributed by atoms with van der Waals surface area (Å²) in [7, 11) is -3.79. The summed E-state index contributed by atoms with van der Waals surface area (Å²) >= 11 is 3.19. The maximum atomic E-state index is 12.8. The van der Waals surface area contributed by atoms with Crippen LogP contribution in [-0.2, 0) is 14.8 Å². The number of benzene rings is 2. The van der Waals surface area contributed by atoms with Crippen LogP contribution in [-0.4, -0.2) is 25.9 Å². The van der Waals surface area contributed by atoms with E-state index in [-0.39, 0.29) is 10.6 Å². The Hall–Kier alpha value is -2.45. The first-order chi connectivity index (χ1) is 12.0. The lowest BCUT2D eigenvalue weighted by molar-refractivity contribution is -0.132. The molecule has 2 heterocycles. The Balaban J connectivity index is 1.69. The van der Waals surface area contributed by atoms with Crippen molar-refractivity contribution in [3.63, 3.8) is 0 Å². The molecule has 0 aliphatic carbocycles. The minimum atomic E-state index is -3.79. The number of carbonyl (C=O) groups excluding carboxylic acids is 1. The van der Waals surface area contributed by atoms with Crippen molar-refractivity contribution >= 4 is 48.4 Å². The second-order valence-electron chi connectivity index (χ2n) is 5.41. The van der Waals surface area contributed by atoms with Crippen molar-refractivity contribution in [2.24, 2.45) is 0 Å². The molecular formula is C17H11BrN2O4S. The second kappa shape index (κ2) is 5.82. The molecule has 0 atom stereocenters. The number of ether oxygens (including phenoxy) is 1. The first kappa shape index (κ1) is 16.0. The number of hydrogen-bond donors (Lipinski definition) is 0. The van der Waals surface area contributed by atoms with Gasteiger partial charge in [0.15, 0.2) is 5.75 Å². The molecule has 4 rings (SSSR count). The van der Waals surface area contributed by atoms with Crippen molar-refractivity contribution in [2.75, 3.05) is 10.8 Å². The van der Waals surface area contributed by atoms with Gasteiger partial charge in [-0.05, 0) is 45.6 Å². The molecule has 1 aliphatic heterocycles. The first-order valence-electron chi connectivity index (χ1n) is 7.34. The molecule has 0 bridgehead atoms. The number of rotatable bonds is 3. The van der Waals surface area contributed by atoms with Crippen molar-refractivity contribution in [2.45, 2.75) is 4.90 Å². The fourth-order valence-corrected chi connectivity index (χ4v) is 4.83. The van der Waals surface area contributed by atoms with Gasteiger partial charge in [0.2, 0.25) is 0 Å². The van der Waals surface area contributed by atoms with Crippen molar-refractivity contribution in [1.82, 2.24) is 4.98 Å². The third-order valence-corrected chi connectivity index (χ3v) is 6.30. The molecule has 25 heavy (non-hydrogen) atoms. The SMILES string of the molecule is O=C(CN1c2cccc3cccc(c23)S1(=O)=O)Oc1cccnc1Br. The summed E-state index contributed by atoms with van der Waals surface area (Å²) in [5.74, 6) is -0.457. The Morgan fingerprint density at radius 3 is 2.64 bits per heavy atom. The molecule has 0 saturated heterocycles. The summed E-state index contributed by atoms with van der Waals surface area (Å²) in [5.41, 5.74) is 0.482. The average molecular weight is 419 g/mol. The smallest absolute Gasteiger partial charge is 0.332 e. The summed E-state index contributed by atoms with van der Waals surface area (Å²) in [6.45, 7) is -0.419. The van der Waals surface area contributed by atoms with E-state index in [9.17, 15) is 13.2 Å². The largest absolute Gasteiger partial charge is 0.422 e. The van der Waals surface area contributed by atoms with Crippen molar-refractivity contribution in [1.29, 1.82) is 0 Å². The monoisotopic (exact) mass is 418 g/mol. The van der Waals surface area contributed by atoms with E-state index in [0.717, 1.165) is 9.69 Å². The lowest BCUT2D eigenvalue weighted by Crippen LogP contribution is -2.34. The van der Waals surface area contributed by atoms with Crippen LogP contribution in [0.25, 0.3) is 10.8 Å². The van der Waals surface area contributed by atoms with Gasteiger partial charge in [-0.15, -0.1) is 0 Å². The molecule has 2 aromatic carbocycles. The quantitative estimate of drug-likeness (QED) is 0.482. The van der Waals surface area contributed by atoms with Crippen molar-refractivity contribution < 1.29 is 17.9 Å². The normalized spacial score (nSPS) is 14.7. The van der Waals surface area contributed by atoms with Gasteiger partial charge in [-0.1, -0.05) is 24.3 Å². The van der Waals surface area contributed by atoms with Crippen LogP contribution in [0.15, 0.2) is 64.2 Å². The molecule has 0 amide bonds. The summed E-state index contributed by atoms with van der Waals surface area (Å²) in [4.78, 5) is 16.5. The molecule has 0 spiro atoms. The number of hydrogen-bond acceptors (Lipinski definition) is 5. The molecule has 1 aromatic heterocycles. The maximum Gasteiger partial charge on any atom is 0.332 e. The van der Waals surface area contributed by atoms with E-state index in [1.54, 1.807) is 42.6 Å². The van der Waals surface area contributed by atoms with Crippen LogP contribution < -0.4 is 9.04 Å². The number of carbonyl (C=O) groups is 1. The molecule has 3 aromatic rings. The molecule has 126 valence electrons. The van der Waals surface area contributed by atoms with E-state index >= 15 is 0 Å². The van der Waals surface area contributed by atoms with Crippen molar-refractivity contribution in [3.8, 4) is 5.75 Å². The predicted molar refractivity (Wildman–Crippen MR) is 96.1 cm³/mol. The zero-order valence-corrected chi connectivity index (χ0v) is 15.1. The summed E-state index contributed by atoms with van der Waals surface area (Å²) in [6.07, 6.45) is 1.55. The summed E-state index contributed by atoms with van der Waals surface area (Å²) in [5, 5.41) is 1.44. The topological polar surface area (TPSA) is 76.6 Å². The molecule has 0 unspecified atom stereocenters. The summed E-state index contributed by atoms with van der Waals surface area (Å²) in [6, 6.07) is 13.6. The van der Waals surface area contributed by atoms with Gasteiger partial charge in [0.05, 0.1) is 10.6 Å². The third-order valence-electron chi connectivity index (χ3n) is 3.90. The standard InChI is InChI=1S/C17H11BrN2O4S/c18-17-13(7-3-9-19-17)24-15(21)10-20-12-6-1-4-11-5-2-8-14(16(11)12)25(20,22)23/h1-9H,10H2. The zero-order chi connectivity index (χ0) is 17.6. The van der Waals surface area contributed by atoms with Gasteiger partial charge < -0.3 is 4.74 Å². The van der Waals surface area contributed by atoms with Crippen LogP contribution in [0, 0.1) is 0 Å². The molecular weight excluding hydrogens is 408 g/mol. The van der Waals surface area contributed by atoms with E-state index < -0.39 is 22.5 Å². The fourth-order valence-electron chi connectivity index (χ4n) is 2.85. The molecule has 1 aliphatic rings. The van der Waals surface area contributed by atoms with Gasteiger partial charge in [-0.25, -0.2) is 18.2 Å². The molecule has 0 N–H and O–H groups in total. The Bertz CT molecular complexity index is 1110. The highest BCUT2D eigenvalue weighted by atomic mass is 79.9. The number of halogens is 1. The van der Waals surface area contributed by atoms with E-state index in [0.29, 0.717) is 15.7 Å². The highest BCUT2D eigenvalue weighted by Crippen LogP contribution is 2.41. The minimum Gasteiger partial charge on any atom is -0.422 e. The van der Waals surface area contributed by atoms with E-state index in [1.807, 2.05) is 12.1 Å². The average Bonchev–Trinajstić information content (AvgIpc) is 2.81. The highest BCUT2D eigenvalue weighted by molar-refractivity contribution is 9.10. The lowest BCUT2D eigenvalue weighted by Gasteiger charge is -2.17. The van der Waals surface area contributed by atoms with E-state index in [1.165, 1.54) is 0 Å². The lowest BCUT2D eigenvalue weighted by atomic mass is 10.1. The second-order valence-corrected chi connectivity index (χ2v) is 7.99. The number of esters is 1. The Labute approximate surface area is 152 Å². The third kappa shape index (κ3) is 2.58. The Kier molecular flexibility index (Phi) is 3.73.